The van der Waals surface area contributed by atoms with E-state index in [1.54, 1.807) is 0 Å². The van der Waals surface area contributed by atoms with Crippen molar-refractivity contribution in [3.8, 4) is 5.69 Å². The number of pyridine rings is 1. The lowest BCUT2D eigenvalue weighted by atomic mass is 9.61. The van der Waals surface area contributed by atoms with E-state index >= 15 is 0 Å². The van der Waals surface area contributed by atoms with Crippen molar-refractivity contribution in [1.29, 1.82) is 0 Å². The van der Waals surface area contributed by atoms with E-state index in [1.807, 2.05) is 6.20 Å². The Morgan fingerprint density at radius 1 is 0.509 bits per heavy atom. The molecule has 0 bridgehead atoms. The summed E-state index contributed by atoms with van der Waals surface area (Å²) in [7, 11) is -2.70. The van der Waals surface area contributed by atoms with Crippen molar-refractivity contribution in [2.24, 2.45) is 0 Å². The predicted molar refractivity (Wildman–Crippen MR) is 225 cm³/mol. The second-order valence-electron chi connectivity index (χ2n) is 15.5. The Balaban J connectivity index is 1.20. The molecule has 1 aliphatic carbocycles. The largest absolute Gasteiger partial charge is 0.319 e. The Kier molecular flexibility index (Phi) is 7.35. The summed E-state index contributed by atoms with van der Waals surface area (Å²) in [4.78, 5) is 7.65. The Labute approximate surface area is 313 Å². The normalized spacial score (nSPS) is 19.7. The zero-order chi connectivity index (χ0) is 35.6. The van der Waals surface area contributed by atoms with Crippen molar-refractivity contribution in [2.75, 3.05) is 4.90 Å². The summed E-state index contributed by atoms with van der Waals surface area (Å²) < 4.78 is 2.49. The van der Waals surface area contributed by atoms with Crippen molar-refractivity contribution in [3.63, 3.8) is 0 Å². The van der Waals surface area contributed by atoms with Crippen molar-refractivity contribution in [2.45, 2.75) is 50.5 Å². The highest BCUT2D eigenvalue weighted by Crippen LogP contribution is 2.60. The van der Waals surface area contributed by atoms with E-state index in [0.717, 1.165) is 12.2 Å². The van der Waals surface area contributed by atoms with Gasteiger partial charge in [0.1, 0.15) is 5.82 Å². The molecule has 258 valence electrons. The number of fused-ring (bicyclic) bond motifs is 6. The third-order valence-corrected chi connectivity index (χ3v) is 17.7. The molecule has 1 saturated carbocycles. The molecule has 0 spiro atoms. The molecular weight excluding hydrogens is 659 g/mol. The van der Waals surface area contributed by atoms with Crippen LogP contribution in [0.1, 0.15) is 45.1 Å². The molecule has 4 heteroatoms. The molecule has 0 radical (unpaired) electrons. The number of hydrogen-bond donors (Lipinski definition) is 0. The lowest BCUT2D eigenvalue weighted by Gasteiger charge is -2.50. The van der Waals surface area contributed by atoms with E-state index < -0.39 is 8.07 Å². The predicted octanol–water partition coefficient (Wildman–Crippen LogP) is 9.30. The highest BCUT2D eigenvalue weighted by Gasteiger charge is 2.58. The monoisotopic (exact) mass is 701 g/mol. The summed E-state index contributed by atoms with van der Waals surface area (Å²) in [6.07, 6.45) is 6.83. The molecule has 0 saturated heterocycles. The van der Waals surface area contributed by atoms with Gasteiger partial charge < -0.3 is 9.47 Å². The quantitative estimate of drug-likeness (QED) is 0.127. The minimum absolute atomic E-state index is 0.0391. The number of benzene rings is 6. The zero-order valence-electron chi connectivity index (χ0n) is 30.4. The smallest absolute Gasteiger partial charge is 0.179 e. The molecule has 1 aliphatic heterocycles. The van der Waals surface area contributed by atoms with Crippen LogP contribution in [0.5, 0.6) is 0 Å². The van der Waals surface area contributed by atoms with E-state index in [-0.39, 0.29) is 11.0 Å². The van der Waals surface area contributed by atoms with Gasteiger partial charge in [-0.15, -0.1) is 0 Å². The Morgan fingerprint density at radius 2 is 1.11 bits per heavy atom. The molecule has 2 atom stereocenters. The first-order valence-corrected chi connectivity index (χ1v) is 21.1. The fourth-order valence-electron chi connectivity index (χ4n) is 10.2. The molecule has 53 heavy (non-hydrogen) atoms. The van der Waals surface area contributed by atoms with Gasteiger partial charge in [-0.25, -0.2) is 4.98 Å². The van der Waals surface area contributed by atoms with Crippen LogP contribution in [0.3, 0.4) is 0 Å². The summed E-state index contributed by atoms with van der Waals surface area (Å²) in [6.45, 7) is 4.96. The maximum absolute atomic E-state index is 5.06. The van der Waals surface area contributed by atoms with Crippen LogP contribution in [0, 0.1) is 0 Å². The second-order valence-corrected chi connectivity index (χ2v) is 19.3. The fraction of sp³-hybridized carbons (Fsp3) is 0.163. The molecule has 0 amide bonds. The first-order chi connectivity index (χ1) is 26.0. The topological polar surface area (TPSA) is 21.1 Å². The molecular formula is C49H43N3Si. The number of nitrogens with zero attached hydrogens (tertiary/aromatic N) is 3. The molecule has 1 fully saturated rings. The van der Waals surface area contributed by atoms with Crippen molar-refractivity contribution >= 4 is 62.1 Å². The molecule has 10 rings (SSSR count). The van der Waals surface area contributed by atoms with Gasteiger partial charge in [-0.2, -0.15) is 0 Å². The Morgan fingerprint density at radius 3 is 1.81 bits per heavy atom. The van der Waals surface area contributed by atoms with E-state index in [2.05, 4.69) is 193 Å². The first-order valence-electron chi connectivity index (χ1n) is 19.1. The van der Waals surface area contributed by atoms with Crippen LogP contribution in [0.15, 0.2) is 176 Å². The van der Waals surface area contributed by atoms with Crippen molar-refractivity contribution in [3.05, 3.63) is 182 Å². The summed E-state index contributed by atoms with van der Waals surface area (Å²) in [5.41, 5.74) is 6.26. The lowest BCUT2D eigenvalue weighted by Crippen LogP contribution is -2.74. The lowest BCUT2D eigenvalue weighted by molar-refractivity contribution is 0.195. The minimum Gasteiger partial charge on any atom is -0.319 e. The van der Waals surface area contributed by atoms with Crippen LogP contribution in [-0.2, 0) is 5.41 Å². The number of anilines is 2. The SMILES string of the molecule is CC12CCCCC1(C)N(c1ccc3c(c1)c1ccccc1n3-c1cccc([Si](c3ccccc3)(c3ccccc3)c3ccccc3)c1)c1ncccc12. The van der Waals surface area contributed by atoms with Crippen LogP contribution in [0.2, 0.25) is 0 Å². The van der Waals surface area contributed by atoms with Crippen LogP contribution >= 0.6 is 0 Å². The molecule has 2 aliphatic rings. The van der Waals surface area contributed by atoms with Crippen LogP contribution in [-0.4, -0.2) is 23.2 Å². The third kappa shape index (κ3) is 4.55. The van der Waals surface area contributed by atoms with Gasteiger partial charge in [-0.1, -0.05) is 147 Å². The average Bonchev–Trinajstić information content (AvgIpc) is 3.65. The van der Waals surface area contributed by atoms with E-state index in [0.29, 0.717) is 0 Å². The van der Waals surface area contributed by atoms with Crippen LogP contribution in [0.25, 0.3) is 27.5 Å². The van der Waals surface area contributed by atoms with Crippen LogP contribution in [0.4, 0.5) is 11.5 Å². The molecule has 2 unspecified atom stereocenters. The van der Waals surface area contributed by atoms with E-state index in [1.165, 1.54) is 78.8 Å². The van der Waals surface area contributed by atoms with Gasteiger partial charge in [0.15, 0.2) is 8.07 Å². The molecule has 6 aromatic carbocycles. The maximum atomic E-state index is 5.06. The first kappa shape index (κ1) is 32.0. The Hall–Kier alpha value is -5.71. The van der Waals surface area contributed by atoms with Gasteiger partial charge in [-0.05, 0) is 83.0 Å². The highest BCUT2D eigenvalue weighted by atomic mass is 28.3. The Bertz CT molecular complexity index is 2520. The molecule has 3 heterocycles. The van der Waals surface area contributed by atoms with Gasteiger partial charge >= 0.3 is 0 Å². The third-order valence-electron chi connectivity index (χ3n) is 12.9. The molecule has 3 nitrogen and oxygen atoms in total. The highest BCUT2D eigenvalue weighted by molar-refractivity contribution is 7.19. The minimum atomic E-state index is -2.70. The summed E-state index contributed by atoms with van der Waals surface area (Å²) >= 11 is 0. The summed E-state index contributed by atoms with van der Waals surface area (Å²) in [6, 6.07) is 63.5. The van der Waals surface area contributed by atoms with Gasteiger partial charge in [0.25, 0.3) is 0 Å². The average molecular weight is 702 g/mol. The standard InChI is InChI=1S/C49H43N3Si/c1-48-31-14-15-32-49(48,2)52(47-44(48)27-17-33-50-47)37-29-30-46-43(35-37)42-26-12-13-28-45(42)51(46)36-18-16-25-41(34-36)53(38-19-6-3-7-20-38,39-21-8-4-9-22-39)40-23-10-5-11-24-40/h3-13,16-30,33-35H,14-15,31-32H2,1-2H3. The number of hydrogen-bond acceptors (Lipinski definition) is 2. The maximum Gasteiger partial charge on any atom is 0.179 e. The molecule has 0 N–H and O–H groups in total. The summed E-state index contributed by atoms with van der Waals surface area (Å²) in [5, 5.41) is 8.04. The van der Waals surface area contributed by atoms with E-state index in [9.17, 15) is 0 Å². The van der Waals surface area contributed by atoms with Gasteiger partial charge in [0.05, 0.1) is 16.6 Å². The van der Waals surface area contributed by atoms with Crippen LogP contribution < -0.4 is 25.6 Å². The molecule has 8 aromatic rings. The van der Waals surface area contributed by atoms with Gasteiger partial charge in [0.2, 0.25) is 0 Å². The van der Waals surface area contributed by atoms with Gasteiger partial charge in [0, 0.05) is 39.3 Å². The second kappa shape index (κ2) is 12.2. The van der Waals surface area contributed by atoms with Crippen molar-refractivity contribution in [1.82, 2.24) is 9.55 Å². The number of aromatic nitrogens is 2. The zero-order valence-corrected chi connectivity index (χ0v) is 31.4. The van der Waals surface area contributed by atoms with Crippen molar-refractivity contribution < 1.29 is 0 Å². The number of para-hydroxylation sites is 1. The fourth-order valence-corrected chi connectivity index (χ4v) is 15.0. The number of rotatable bonds is 6. The van der Waals surface area contributed by atoms with Gasteiger partial charge in [-0.3, -0.25) is 0 Å². The summed E-state index contributed by atoms with van der Waals surface area (Å²) in [5.74, 6) is 1.12. The molecule has 2 aromatic heterocycles. The van der Waals surface area contributed by atoms with E-state index in [4.69, 9.17) is 4.98 Å².